The van der Waals surface area contributed by atoms with Crippen LogP contribution in [0.5, 0.6) is 0 Å². The molecule has 2 unspecified atom stereocenters. The number of hydrogen-bond acceptors (Lipinski definition) is 3. The molecule has 0 amide bonds. The van der Waals surface area contributed by atoms with Crippen molar-refractivity contribution in [3.05, 3.63) is 58.0 Å². The van der Waals surface area contributed by atoms with Crippen molar-refractivity contribution >= 4 is 11.3 Å². The van der Waals surface area contributed by atoms with Crippen molar-refractivity contribution < 1.29 is 9.50 Å². The van der Waals surface area contributed by atoms with E-state index in [2.05, 4.69) is 5.32 Å². The Morgan fingerprint density at radius 3 is 2.79 bits per heavy atom. The summed E-state index contributed by atoms with van der Waals surface area (Å²) < 4.78 is 13.1. The normalized spacial score (nSPS) is 16.0. The van der Waals surface area contributed by atoms with Crippen molar-refractivity contribution in [2.75, 3.05) is 6.54 Å². The third-order valence-electron chi connectivity index (χ3n) is 3.15. The summed E-state index contributed by atoms with van der Waals surface area (Å²) in [5, 5.41) is 15.6. The molecule has 0 aliphatic rings. The molecular formula is C15H18FNOS. The molecule has 19 heavy (non-hydrogen) atoms. The van der Waals surface area contributed by atoms with Crippen molar-refractivity contribution in [2.45, 2.75) is 25.5 Å². The van der Waals surface area contributed by atoms with Crippen molar-refractivity contribution in [1.82, 2.24) is 5.32 Å². The molecular weight excluding hydrogens is 261 g/mol. The van der Waals surface area contributed by atoms with Crippen LogP contribution in [0.2, 0.25) is 0 Å². The summed E-state index contributed by atoms with van der Waals surface area (Å²) in [5.41, 5.74) is -0.0302. The molecule has 2 nitrogen and oxygen atoms in total. The van der Waals surface area contributed by atoms with Crippen molar-refractivity contribution in [3.8, 4) is 0 Å². The Bertz CT molecular complexity index is 525. The monoisotopic (exact) mass is 279 g/mol. The van der Waals surface area contributed by atoms with Gasteiger partial charge in [0.05, 0.1) is 0 Å². The van der Waals surface area contributed by atoms with Gasteiger partial charge in [-0.2, -0.15) is 0 Å². The summed E-state index contributed by atoms with van der Waals surface area (Å²) >= 11 is 1.53. The van der Waals surface area contributed by atoms with Crippen LogP contribution < -0.4 is 5.32 Å². The zero-order valence-corrected chi connectivity index (χ0v) is 11.9. The number of benzene rings is 1. The van der Waals surface area contributed by atoms with Gasteiger partial charge >= 0.3 is 0 Å². The van der Waals surface area contributed by atoms with Gasteiger partial charge in [-0.1, -0.05) is 18.2 Å². The molecule has 0 aliphatic heterocycles. The van der Waals surface area contributed by atoms with E-state index in [1.165, 1.54) is 23.5 Å². The lowest BCUT2D eigenvalue weighted by atomic mass is 10.0. The van der Waals surface area contributed by atoms with Gasteiger partial charge in [-0.05, 0) is 43.0 Å². The van der Waals surface area contributed by atoms with E-state index in [4.69, 9.17) is 0 Å². The fourth-order valence-electron chi connectivity index (χ4n) is 1.92. The minimum atomic E-state index is -0.907. The minimum Gasteiger partial charge on any atom is -0.383 e. The zero-order valence-electron chi connectivity index (χ0n) is 11.1. The Morgan fingerprint density at radius 2 is 2.16 bits per heavy atom. The van der Waals surface area contributed by atoms with Gasteiger partial charge in [0.2, 0.25) is 0 Å². The number of rotatable bonds is 5. The van der Waals surface area contributed by atoms with Crippen molar-refractivity contribution in [2.24, 2.45) is 0 Å². The minimum absolute atomic E-state index is 0.0119. The molecule has 2 atom stereocenters. The van der Waals surface area contributed by atoms with Crippen LogP contribution in [0.1, 0.15) is 30.3 Å². The second-order valence-electron chi connectivity index (χ2n) is 4.91. The average molecular weight is 279 g/mol. The Labute approximate surface area is 116 Å². The molecule has 2 N–H and O–H groups in total. The van der Waals surface area contributed by atoms with Crippen molar-refractivity contribution in [3.63, 3.8) is 0 Å². The standard InChI is InChI=1S/C15H18FNOS/c1-11(12-5-3-6-13(16)9-12)17-10-15(2,18)14-7-4-8-19-14/h3-9,11,17-18H,10H2,1-2H3. The lowest BCUT2D eigenvalue weighted by Gasteiger charge is -2.25. The second-order valence-corrected chi connectivity index (χ2v) is 5.86. The van der Waals surface area contributed by atoms with E-state index in [1.54, 1.807) is 13.0 Å². The van der Waals surface area contributed by atoms with Crippen LogP contribution in [-0.2, 0) is 5.60 Å². The molecule has 102 valence electrons. The van der Waals surface area contributed by atoms with Crippen LogP contribution in [0, 0.1) is 5.82 Å². The predicted octanol–water partition coefficient (Wildman–Crippen LogP) is 3.45. The molecule has 0 saturated heterocycles. The number of nitrogens with one attached hydrogen (secondary N) is 1. The largest absolute Gasteiger partial charge is 0.383 e. The third-order valence-corrected chi connectivity index (χ3v) is 4.28. The highest BCUT2D eigenvalue weighted by atomic mass is 32.1. The molecule has 0 aliphatic carbocycles. The van der Waals surface area contributed by atoms with Gasteiger partial charge in [0.15, 0.2) is 0 Å². The molecule has 1 aromatic heterocycles. The third kappa shape index (κ3) is 3.62. The van der Waals surface area contributed by atoms with Gasteiger partial charge in [0, 0.05) is 17.5 Å². The summed E-state index contributed by atoms with van der Waals surface area (Å²) in [6, 6.07) is 10.3. The van der Waals surface area contributed by atoms with Crippen LogP contribution in [0.4, 0.5) is 4.39 Å². The maximum Gasteiger partial charge on any atom is 0.123 e. The van der Waals surface area contributed by atoms with Crippen LogP contribution in [0.15, 0.2) is 41.8 Å². The molecule has 4 heteroatoms. The summed E-state index contributed by atoms with van der Waals surface area (Å²) in [7, 11) is 0. The maximum atomic E-state index is 13.1. The lowest BCUT2D eigenvalue weighted by molar-refractivity contribution is 0.0581. The lowest BCUT2D eigenvalue weighted by Crippen LogP contribution is -2.36. The van der Waals surface area contributed by atoms with Crippen LogP contribution in [0.3, 0.4) is 0 Å². The quantitative estimate of drug-likeness (QED) is 0.878. The number of thiophene rings is 1. The summed E-state index contributed by atoms with van der Waals surface area (Å²) in [5.74, 6) is -0.240. The Kier molecular flexibility index (Phi) is 4.34. The van der Waals surface area contributed by atoms with Gasteiger partial charge in [-0.3, -0.25) is 0 Å². The molecule has 0 spiro atoms. The van der Waals surface area contributed by atoms with Crippen LogP contribution >= 0.6 is 11.3 Å². The van der Waals surface area contributed by atoms with Crippen molar-refractivity contribution in [1.29, 1.82) is 0 Å². The van der Waals surface area contributed by atoms with Gasteiger partial charge in [0.1, 0.15) is 11.4 Å². The smallest absolute Gasteiger partial charge is 0.123 e. The molecule has 0 radical (unpaired) electrons. The van der Waals surface area contributed by atoms with E-state index >= 15 is 0 Å². The van der Waals surface area contributed by atoms with Crippen LogP contribution in [-0.4, -0.2) is 11.7 Å². The summed E-state index contributed by atoms with van der Waals surface area (Å²) in [4.78, 5) is 0.923. The fourth-order valence-corrected chi connectivity index (χ4v) is 2.70. The Balaban J connectivity index is 1.99. The predicted molar refractivity (Wildman–Crippen MR) is 76.7 cm³/mol. The topological polar surface area (TPSA) is 32.3 Å². The van der Waals surface area contributed by atoms with Gasteiger partial charge in [-0.15, -0.1) is 11.3 Å². The Hall–Kier alpha value is -1.23. The molecule has 0 fully saturated rings. The molecule has 2 aromatic rings. The highest BCUT2D eigenvalue weighted by Gasteiger charge is 2.24. The van der Waals surface area contributed by atoms with E-state index in [9.17, 15) is 9.50 Å². The molecule has 1 heterocycles. The van der Waals surface area contributed by atoms with E-state index in [1.807, 2.05) is 30.5 Å². The van der Waals surface area contributed by atoms with Gasteiger partial charge in [0.25, 0.3) is 0 Å². The van der Waals surface area contributed by atoms with E-state index in [0.29, 0.717) is 6.54 Å². The molecule has 0 bridgehead atoms. The van der Waals surface area contributed by atoms with Gasteiger partial charge in [-0.25, -0.2) is 4.39 Å². The maximum absolute atomic E-state index is 13.1. The number of hydrogen-bond donors (Lipinski definition) is 2. The summed E-state index contributed by atoms with van der Waals surface area (Å²) in [6.45, 7) is 4.16. The van der Waals surface area contributed by atoms with E-state index < -0.39 is 5.60 Å². The first-order valence-electron chi connectivity index (χ1n) is 6.24. The number of halogens is 1. The highest BCUT2D eigenvalue weighted by Crippen LogP contribution is 2.25. The number of aliphatic hydroxyl groups is 1. The first-order chi connectivity index (χ1) is 8.99. The first-order valence-corrected chi connectivity index (χ1v) is 7.12. The first kappa shape index (κ1) is 14.2. The molecule has 1 aromatic carbocycles. The van der Waals surface area contributed by atoms with E-state index in [0.717, 1.165) is 10.4 Å². The Morgan fingerprint density at radius 1 is 1.37 bits per heavy atom. The molecule has 0 saturated carbocycles. The zero-order chi connectivity index (χ0) is 13.9. The molecule has 2 rings (SSSR count). The fraction of sp³-hybridized carbons (Fsp3) is 0.333. The van der Waals surface area contributed by atoms with Gasteiger partial charge < -0.3 is 10.4 Å². The summed E-state index contributed by atoms with van der Waals surface area (Å²) in [6.07, 6.45) is 0. The SMILES string of the molecule is CC(NCC(C)(O)c1cccs1)c1cccc(F)c1. The second kappa shape index (κ2) is 5.82. The van der Waals surface area contributed by atoms with E-state index in [-0.39, 0.29) is 11.9 Å². The van der Waals surface area contributed by atoms with Crippen LogP contribution in [0.25, 0.3) is 0 Å². The highest BCUT2D eigenvalue weighted by molar-refractivity contribution is 7.10. The average Bonchev–Trinajstić information content (AvgIpc) is 2.90.